The first-order valence-electron chi connectivity index (χ1n) is 32.4. The molecule has 0 aromatic carbocycles. The number of carbonyl (C=O) groups excluding carboxylic acids is 2. The smallest absolute Gasteiger partial charge is 0.361 e. The molecule has 2 atom stereocenters. The lowest BCUT2D eigenvalue weighted by Gasteiger charge is -2.25. The van der Waals surface area contributed by atoms with Crippen LogP contribution >= 0.6 is 0 Å². The lowest BCUT2D eigenvalue weighted by atomic mass is 10.0. The minimum Gasteiger partial charge on any atom is -0.477 e. The number of carboxylic acid groups (broad SMARTS) is 1. The number of carbonyl (C=O) groups is 3. The van der Waals surface area contributed by atoms with Crippen LogP contribution in [-0.4, -0.2) is 87.4 Å². The van der Waals surface area contributed by atoms with Crippen molar-refractivity contribution in [2.45, 2.75) is 341 Å². The van der Waals surface area contributed by atoms with Crippen LogP contribution in [-0.2, 0) is 33.3 Å². The summed E-state index contributed by atoms with van der Waals surface area (Å²) in [7, 11) is 5.99. The Balaban J connectivity index is 4.13. The molecule has 0 aliphatic heterocycles. The fourth-order valence-electron chi connectivity index (χ4n) is 9.78. The topological polar surface area (TPSA) is 108 Å². The second kappa shape index (κ2) is 57.2. The Morgan fingerprint density at radius 1 is 0.392 bits per heavy atom. The van der Waals surface area contributed by atoms with Gasteiger partial charge < -0.3 is 28.5 Å². The summed E-state index contributed by atoms with van der Waals surface area (Å²) in [6.07, 6.45) is 64.5. The number of hydrogen-bond acceptors (Lipinski definition) is 7. The molecule has 0 radical (unpaired) electrons. The molecule has 0 amide bonds. The third-order valence-corrected chi connectivity index (χ3v) is 14.8. The largest absolute Gasteiger partial charge is 0.477 e. The van der Waals surface area contributed by atoms with Crippen LogP contribution in [0.4, 0.5) is 0 Å². The Morgan fingerprint density at radius 3 is 1.00 bits per heavy atom. The Labute approximate surface area is 459 Å². The quantitative estimate of drug-likeness (QED) is 0.0211. The molecule has 0 rings (SSSR count). The summed E-state index contributed by atoms with van der Waals surface area (Å²) in [4.78, 5) is 37.5. The maximum Gasteiger partial charge on any atom is 0.361 e. The first kappa shape index (κ1) is 72.0. The summed E-state index contributed by atoms with van der Waals surface area (Å²) in [6, 6.07) is 0. The SMILES string of the molecule is CCCCCCCCCC/C=C\CCCCCCCCCCCCCCCC(=O)OC(COC(=O)CCCCCCCCCCCCCCCCCCCCCCCCCC)COC(OCC[N+](C)(C)C)C(=O)O. The molecule has 9 nitrogen and oxygen atoms in total. The van der Waals surface area contributed by atoms with Crippen molar-refractivity contribution in [2.24, 2.45) is 0 Å². The van der Waals surface area contributed by atoms with E-state index in [1.807, 2.05) is 21.1 Å². The zero-order chi connectivity index (χ0) is 54.1. The van der Waals surface area contributed by atoms with E-state index >= 15 is 0 Å². The zero-order valence-electron chi connectivity index (χ0n) is 50.0. The molecule has 2 unspecified atom stereocenters. The van der Waals surface area contributed by atoms with Crippen molar-refractivity contribution >= 4 is 17.9 Å². The minimum absolute atomic E-state index is 0.174. The second-order valence-corrected chi connectivity index (χ2v) is 23.4. The Kier molecular flexibility index (Phi) is 55.7. The maximum atomic E-state index is 12.9. The summed E-state index contributed by atoms with van der Waals surface area (Å²) >= 11 is 0. The van der Waals surface area contributed by atoms with Crippen LogP contribution in [0.3, 0.4) is 0 Å². The third kappa shape index (κ3) is 57.7. The molecule has 9 heteroatoms. The molecule has 0 aromatic heterocycles. The molecule has 0 aliphatic rings. The average molecular weight is 1050 g/mol. The van der Waals surface area contributed by atoms with Crippen molar-refractivity contribution in [1.82, 2.24) is 0 Å². The van der Waals surface area contributed by atoms with Gasteiger partial charge in [0, 0.05) is 12.8 Å². The van der Waals surface area contributed by atoms with Gasteiger partial charge >= 0.3 is 17.9 Å². The molecule has 0 fully saturated rings. The van der Waals surface area contributed by atoms with Crippen LogP contribution in [0.15, 0.2) is 12.2 Å². The van der Waals surface area contributed by atoms with E-state index in [1.54, 1.807) is 0 Å². The molecular formula is C65H126NO8+. The summed E-state index contributed by atoms with van der Waals surface area (Å²) in [5.41, 5.74) is 0. The standard InChI is InChI=1S/C65H125NO8/c1-6-8-10-12-14-16-18-20-22-24-26-28-30-32-34-36-38-40-42-44-46-48-50-52-54-56-63(68)74-61(60-73-65(64(69)70)71-58-57-66(3,4)5)59-72-62(67)55-53-51-49-47-45-43-41-39-37-35-33-31-29-27-25-23-21-19-17-15-13-11-9-7-2/h24,26,61,65H,6-23,25,27-60H2,1-5H3/p+1/b26-24-. The molecule has 0 spiro atoms. The number of ether oxygens (including phenoxy) is 4. The highest BCUT2D eigenvalue weighted by molar-refractivity contribution is 5.71. The number of carboxylic acids is 1. The molecule has 74 heavy (non-hydrogen) atoms. The molecule has 1 N–H and O–H groups in total. The molecule has 0 saturated carbocycles. The average Bonchev–Trinajstić information content (AvgIpc) is 3.37. The normalized spacial score (nSPS) is 12.7. The number of rotatable bonds is 61. The number of hydrogen-bond donors (Lipinski definition) is 1. The number of aliphatic carboxylic acids is 1. The number of unbranched alkanes of at least 4 members (excludes halogenated alkanes) is 44. The van der Waals surface area contributed by atoms with E-state index in [2.05, 4.69) is 26.0 Å². The minimum atomic E-state index is -1.51. The number of likely N-dealkylation sites (N-methyl/N-ethyl adjacent to an activating group) is 1. The van der Waals surface area contributed by atoms with Gasteiger partial charge in [0.25, 0.3) is 6.29 Å². The number of allylic oxidation sites excluding steroid dienone is 2. The third-order valence-electron chi connectivity index (χ3n) is 14.8. The van der Waals surface area contributed by atoms with E-state index in [0.717, 1.165) is 38.5 Å². The van der Waals surface area contributed by atoms with Gasteiger partial charge in [-0.3, -0.25) is 9.59 Å². The van der Waals surface area contributed by atoms with Crippen LogP contribution in [0.5, 0.6) is 0 Å². The van der Waals surface area contributed by atoms with Gasteiger partial charge in [0.15, 0.2) is 6.10 Å². The molecule has 0 aliphatic carbocycles. The van der Waals surface area contributed by atoms with Crippen molar-refractivity contribution in [3.63, 3.8) is 0 Å². The molecule has 0 heterocycles. The number of nitrogens with zero attached hydrogens (tertiary/aromatic N) is 1. The van der Waals surface area contributed by atoms with Gasteiger partial charge in [-0.1, -0.05) is 289 Å². The summed E-state index contributed by atoms with van der Waals surface area (Å²) in [5, 5.41) is 9.72. The fraction of sp³-hybridized carbons (Fsp3) is 0.923. The van der Waals surface area contributed by atoms with E-state index < -0.39 is 18.4 Å². The van der Waals surface area contributed by atoms with Crippen LogP contribution in [0.25, 0.3) is 0 Å². The lowest BCUT2D eigenvalue weighted by Crippen LogP contribution is -2.40. The van der Waals surface area contributed by atoms with E-state index in [-0.39, 0.29) is 38.2 Å². The maximum absolute atomic E-state index is 12.9. The second-order valence-electron chi connectivity index (χ2n) is 23.4. The number of quaternary nitrogens is 1. The van der Waals surface area contributed by atoms with E-state index in [9.17, 15) is 19.5 Å². The van der Waals surface area contributed by atoms with Crippen LogP contribution in [0.1, 0.15) is 328 Å². The molecule has 438 valence electrons. The lowest BCUT2D eigenvalue weighted by molar-refractivity contribution is -0.870. The summed E-state index contributed by atoms with van der Waals surface area (Å²) < 4.78 is 23.0. The zero-order valence-corrected chi connectivity index (χ0v) is 50.0. The van der Waals surface area contributed by atoms with Crippen molar-refractivity contribution in [1.29, 1.82) is 0 Å². The molecule has 0 bridgehead atoms. The van der Waals surface area contributed by atoms with Crippen molar-refractivity contribution < 1.29 is 42.9 Å². The van der Waals surface area contributed by atoms with Crippen molar-refractivity contribution in [3.05, 3.63) is 12.2 Å². The van der Waals surface area contributed by atoms with Gasteiger partial charge in [-0.25, -0.2) is 4.79 Å². The van der Waals surface area contributed by atoms with Gasteiger partial charge in [0.1, 0.15) is 13.2 Å². The van der Waals surface area contributed by atoms with Crippen LogP contribution in [0, 0.1) is 0 Å². The Hall–Kier alpha value is -1.97. The first-order valence-corrected chi connectivity index (χ1v) is 32.4. The van der Waals surface area contributed by atoms with E-state index in [1.165, 1.54) is 263 Å². The highest BCUT2D eigenvalue weighted by Gasteiger charge is 2.25. The molecular weight excluding hydrogens is 923 g/mol. The molecule has 0 saturated heterocycles. The van der Waals surface area contributed by atoms with Gasteiger partial charge in [-0.15, -0.1) is 0 Å². The first-order chi connectivity index (χ1) is 36.1. The van der Waals surface area contributed by atoms with Gasteiger partial charge in [-0.2, -0.15) is 0 Å². The monoisotopic (exact) mass is 1050 g/mol. The van der Waals surface area contributed by atoms with Crippen LogP contribution in [0.2, 0.25) is 0 Å². The Morgan fingerprint density at radius 2 is 0.689 bits per heavy atom. The Bertz CT molecular complexity index is 1220. The fourth-order valence-corrected chi connectivity index (χ4v) is 9.78. The predicted octanol–water partition coefficient (Wildman–Crippen LogP) is 19.3. The summed E-state index contributed by atoms with van der Waals surface area (Å²) in [5.74, 6) is -1.97. The van der Waals surface area contributed by atoms with Crippen molar-refractivity contribution in [3.8, 4) is 0 Å². The van der Waals surface area contributed by atoms with Gasteiger partial charge in [-0.05, 0) is 38.5 Å². The van der Waals surface area contributed by atoms with Crippen LogP contribution < -0.4 is 0 Å². The van der Waals surface area contributed by atoms with E-state index in [0.29, 0.717) is 17.4 Å². The highest BCUT2D eigenvalue weighted by Crippen LogP contribution is 2.18. The van der Waals surface area contributed by atoms with Crippen molar-refractivity contribution in [2.75, 3.05) is 47.5 Å². The summed E-state index contributed by atoms with van der Waals surface area (Å²) in [6.45, 7) is 4.95. The molecule has 0 aromatic rings. The predicted molar refractivity (Wildman–Crippen MR) is 314 cm³/mol. The van der Waals surface area contributed by atoms with E-state index in [4.69, 9.17) is 18.9 Å². The van der Waals surface area contributed by atoms with Gasteiger partial charge in [0.05, 0.1) is 34.4 Å². The van der Waals surface area contributed by atoms with Gasteiger partial charge in [0.2, 0.25) is 0 Å². The highest BCUT2D eigenvalue weighted by atomic mass is 16.7. The number of esters is 2.